The van der Waals surface area contributed by atoms with Gasteiger partial charge in [0.05, 0.1) is 27.9 Å². The second-order valence-corrected chi connectivity index (χ2v) is 11.1. The third-order valence-corrected chi connectivity index (χ3v) is 7.57. The average Bonchev–Trinajstić information content (AvgIpc) is 3.14. The number of benzene rings is 4. The Labute approximate surface area is 295 Å². The minimum Gasteiger partial charge on any atom is -0.508 e. The van der Waals surface area contributed by atoms with Crippen molar-refractivity contribution in [3.05, 3.63) is 113 Å². The number of hydrogen-bond acceptors (Lipinski definition) is 12. The number of methoxy groups -OCH3 is 3. The van der Waals surface area contributed by atoms with E-state index in [0.29, 0.717) is 29.7 Å². The molecule has 0 heterocycles. The van der Waals surface area contributed by atoms with E-state index in [1.54, 1.807) is 48.5 Å². The molecule has 0 radical (unpaired) electrons. The molecular formula is C39H40O12. The highest BCUT2D eigenvalue weighted by Crippen LogP contribution is 2.34. The standard InChI is InChI=1S/C39H40O12/c1-46-33-21-27(8-15-30(33)41)11-19-38(44)50-24-36(39(45)28-12-16-31(42)34(23-28)47-2)51-32-17-9-26(22-35(32)48-3)5-4-20-49-37(43)18-10-25-6-13-29(40)14-7-25/h6-19,21-23,36,39-42,45H,4-5,20,24H2,1-3H3/b18-10+,19-11+/t36-,39-/m0/s1. The SMILES string of the molecule is COc1cc(/C=C/C(=O)OC[C@H](Oc2ccc(CCCOC(=O)/C=C/c3ccc(O)cc3)cc2OC)[C@@H](O)c2ccc(O)c(OC)c2)ccc1O. The molecule has 4 N–H and O–H groups in total. The second kappa shape index (κ2) is 18.6. The quantitative estimate of drug-likeness (QED) is 0.0598. The summed E-state index contributed by atoms with van der Waals surface area (Å²) in [5, 5.41) is 40.6. The number of phenols is 3. The van der Waals surface area contributed by atoms with Crippen LogP contribution in [-0.4, -0.2) is 73.0 Å². The number of aliphatic hydroxyl groups excluding tert-OH is 1. The summed E-state index contributed by atoms with van der Waals surface area (Å²) in [5.74, 6) is -0.233. The topological polar surface area (TPSA) is 170 Å². The van der Waals surface area contributed by atoms with Crippen LogP contribution in [0.4, 0.5) is 0 Å². The van der Waals surface area contributed by atoms with Gasteiger partial charge in [0.25, 0.3) is 0 Å². The van der Waals surface area contributed by atoms with E-state index in [1.165, 1.54) is 76.0 Å². The second-order valence-electron chi connectivity index (χ2n) is 11.1. The van der Waals surface area contributed by atoms with Gasteiger partial charge in [-0.15, -0.1) is 0 Å². The smallest absolute Gasteiger partial charge is 0.330 e. The normalized spacial score (nSPS) is 12.3. The van der Waals surface area contributed by atoms with E-state index in [2.05, 4.69) is 0 Å². The molecule has 4 aromatic carbocycles. The largest absolute Gasteiger partial charge is 0.508 e. The summed E-state index contributed by atoms with van der Waals surface area (Å²) in [5.41, 5.74) is 2.54. The van der Waals surface area contributed by atoms with Crippen LogP contribution in [-0.2, 0) is 25.5 Å². The van der Waals surface area contributed by atoms with Crippen molar-refractivity contribution in [2.24, 2.45) is 0 Å². The Bertz CT molecular complexity index is 1830. The minimum atomic E-state index is -1.33. The molecule has 0 spiro atoms. The van der Waals surface area contributed by atoms with Gasteiger partial charge in [-0.05, 0) is 95.8 Å². The number of aromatic hydroxyl groups is 3. The molecule has 0 saturated heterocycles. The van der Waals surface area contributed by atoms with Crippen LogP contribution in [0.1, 0.15) is 34.8 Å². The number of hydrogen-bond donors (Lipinski definition) is 4. The van der Waals surface area contributed by atoms with Crippen LogP contribution in [0.25, 0.3) is 12.2 Å². The van der Waals surface area contributed by atoms with Gasteiger partial charge in [-0.2, -0.15) is 0 Å². The Hall–Kier alpha value is -6.14. The molecule has 0 fully saturated rings. The summed E-state index contributed by atoms with van der Waals surface area (Å²) in [6, 6.07) is 20.5. The van der Waals surface area contributed by atoms with Gasteiger partial charge >= 0.3 is 11.9 Å². The fourth-order valence-electron chi connectivity index (χ4n) is 4.83. The Balaban J connectivity index is 1.41. The van der Waals surface area contributed by atoms with Crippen molar-refractivity contribution >= 4 is 24.1 Å². The number of rotatable bonds is 17. The Kier molecular flexibility index (Phi) is 13.7. The summed E-state index contributed by atoms with van der Waals surface area (Å²) in [4.78, 5) is 24.8. The summed E-state index contributed by atoms with van der Waals surface area (Å²) in [7, 11) is 4.26. The molecule has 0 saturated carbocycles. The maximum Gasteiger partial charge on any atom is 0.330 e. The first-order chi connectivity index (χ1) is 24.6. The van der Waals surface area contributed by atoms with E-state index in [4.69, 9.17) is 28.4 Å². The van der Waals surface area contributed by atoms with Gasteiger partial charge in [-0.1, -0.05) is 30.3 Å². The van der Waals surface area contributed by atoms with Crippen LogP contribution in [0.3, 0.4) is 0 Å². The number of phenolic OH excluding ortho intramolecular Hbond substituents is 3. The predicted molar refractivity (Wildman–Crippen MR) is 188 cm³/mol. The third kappa shape index (κ3) is 11.2. The van der Waals surface area contributed by atoms with Crippen LogP contribution in [0.5, 0.6) is 40.2 Å². The molecule has 0 amide bonds. The Morgan fingerprint density at radius 1 is 0.667 bits per heavy atom. The first-order valence-corrected chi connectivity index (χ1v) is 15.8. The van der Waals surface area contributed by atoms with E-state index in [0.717, 1.165) is 11.1 Å². The number of esters is 2. The van der Waals surface area contributed by atoms with Gasteiger partial charge in [0, 0.05) is 12.2 Å². The highest BCUT2D eigenvalue weighted by molar-refractivity contribution is 5.87. The summed E-state index contributed by atoms with van der Waals surface area (Å²) in [6.45, 7) is -0.187. The molecule has 4 aromatic rings. The monoisotopic (exact) mass is 700 g/mol. The lowest BCUT2D eigenvalue weighted by molar-refractivity contribution is -0.142. The summed E-state index contributed by atoms with van der Waals surface area (Å²) in [6.07, 6.45) is 4.23. The van der Waals surface area contributed by atoms with Crippen molar-refractivity contribution < 1.29 is 58.4 Å². The van der Waals surface area contributed by atoms with Gasteiger partial charge < -0.3 is 48.8 Å². The van der Waals surface area contributed by atoms with Gasteiger partial charge in [0.1, 0.15) is 18.5 Å². The van der Waals surface area contributed by atoms with E-state index in [9.17, 15) is 30.0 Å². The average molecular weight is 701 g/mol. The first kappa shape index (κ1) is 37.7. The van der Waals surface area contributed by atoms with Crippen LogP contribution in [0, 0.1) is 0 Å². The van der Waals surface area contributed by atoms with E-state index in [1.807, 2.05) is 0 Å². The van der Waals surface area contributed by atoms with Gasteiger partial charge in [-0.3, -0.25) is 0 Å². The molecule has 4 rings (SSSR count). The molecule has 12 heteroatoms. The number of aryl methyl sites for hydroxylation is 1. The van der Waals surface area contributed by atoms with Crippen molar-refractivity contribution in [1.82, 2.24) is 0 Å². The third-order valence-electron chi connectivity index (χ3n) is 7.57. The van der Waals surface area contributed by atoms with Gasteiger partial charge in [-0.25, -0.2) is 9.59 Å². The zero-order valence-electron chi connectivity index (χ0n) is 28.4. The molecule has 0 unspecified atom stereocenters. The molecule has 268 valence electrons. The molecule has 0 aromatic heterocycles. The Morgan fingerprint density at radius 2 is 1.27 bits per heavy atom. The highest BCUT2D eigenvalue weighted by atomic mass is 16.6. The van der Waals surface area contributed by atoms with E-state index < -0.39 is 24.1 Å². The predicted octanol–water partition coefficient (Wildman–Crippen LogP) is 5.76. The number of carbonyl (C=O) groups is 2. The zero-order chi connectivity index (χ0) is 36.8. The molecule has 0 aliphatic heterocycles. The fraction of sp³-hybridized carbons (Fsp3) is 0.231. The van der Waals surface area contributed by atoms with Crippen LogP contribution in [0.2, 0.25) is 0 Å². The van der Waals surface area contributed by atoms with Crippen molar-refractivity contribution in [3.63, 3.8) is 0 Å². The lowest BCUT2D eigenvalue weighted by Crippen LogP contribution is -2.31. The molecule has 51 heavy (non-hydrogen) atoms. The lowest BCUT2D eigenvalue weighted by Gasteiger charge is -2.25. The maximum absolute atomic E-state index is 12.7. The minimum absolute atomic E-state index is 0.0436. The van der Waals surface area contributed by atoms with Crippen LogP contribution >= 0.6 is 0 Å². The zero-order valence-corrected chi connectivity index (χ0v) is 28.4. The van der Waals surface area contributed by atoms with Gasteiger partial charge in [0.2, 0.25) is 0 Å². The first-order valence-electron chi connectivity index (χ1n) is 15.8. The molecule has 0 bridgehead atoms. The summed E-state index contributed by atoms with van der Waals surface area (Å²) < 4.78 is 32.8. The van der Waals surface area contributed by atoms with Crippen LogP contribution in [0.15, 0.2) is 91.0 Å². The van der Waals surface area contributed by atoms with Gasteiger partial charge in [0.15, 0.2) is 40.6 Å². The van der Waals surface area contributed by atoms with Crippen LogP contribution < -0.4 is 18.9 Å². The van der Waals surface area contributed by atoms with E-state index >= 15 is 0 Å². The van der Waals surface area contributed by atoms with Crippen molar-refractivity contribution in [2.45, 2.75) is 25.0 Å². The fourth-order valence-corrected chi connectivity index (χ4v) is 4.83. The molecule has 0 aliphatic rings. The molecule has 0 aliphatic carbocycles. The number of ether oxygens (including phenoxy) is 6. The van der Waals surface area contributed by atoms with Crippen molar-refractivity contribution in [1.29, 1.82) is 0 Å². The highest BCUT2D eigenvalue weighted by Gasteiger charge is 2.27. The maximum atomic E-state index is 12.7. The molecule has 2 atom stereocenters. The Morgan fingerprint density at radius 3 is 1.96 bits per heavy atom. The van der Waals surface area contributed by atoms with Crippen molar-refractivity contribution in [3.8, 4) is 40.2 Å². The molecular weight excluding hydrogens is 660 g/mol. The van der Waals surface area contributed by atoms with Crippen molar-refractivity contribution in [2.75, 3.05) is 34.5 Å². The number of aliphatic hydroxyl groups is 1. The summed E-state index contributed by atoms with van der Waals surface area (Å²) >= 11 is 0. The molecule has 12 nitrogen and oxygen atoms in total. The van der Waals surface area contributed by atoms with E-state index in [-0.39, 0.29) is 47.7 Å². The lowest BCUT2D eigenvalue weighted by atomic mass is 10.0. The number of carbonyl (C=O) groups excluding carboxylic acids is 2.